The zero-order chi connectivity index (χ0) is 15.6. The molecule has 0 heterocycles. The number of ether oxygens (including phenoxy) is 1. The van der Waals surface area contributed by atoms with E-state index in [1.165, 1.54) is 6.07 Å². The lowest BCUT2D eigenvalue weighted by Gasteiger charge is -2.13. The van der Waals surface area contributed by atoms with Gasteiger partial charge in [-0.3, -0.25) is 10.1 Å². The molecule has 6 heteroatoms. The van der Waals surface area contributed by atoms with Crippen LogP contribution >= 0.6 is 15.9 Å². The van der Waals surface area contributed by atoms with Crippen molar-refractivity contribution in [1.82, 2.24) is 0 Å². The summed E-state index contributed by atoms with van der Waals surface area (Å²) < 4.78 is 6.63. The third kappa shape index (κ3) is 3.40. The molecule has 110 valence electrons. The van der Waals surface area contributed by atoms with Crippen LogP contribution in [0.1, 0.15) is 16.7 Å². The van der Waals surface area contributed by atoms with Crippen molar-refractivity contribution in [3.8, 4) is 11.5 Å². The molecule has 2 rings (SSSR count). The Bertz CT molecular complexity index is 702. The molecule has 5 nitrogen and oxygen atoms in total. The number of nitrogens with two attached hydrogens (primary N) is 1. The highest BCUT2D eigenvalue weighted by molar-refractivity contribution is 9.10. The molecule has 2 aromatic rings. The van der Waals surface area contributed by atoms with Gasteiger partial charge in [0, 0.05) is 22.6 Å². The van der Waals surface area contributed by atoms with Gasteiger partial charge in [0.25, 0.3) is 0 Å². The SMILES string of the molecule is Cc1cc(C)c(Oc2cc(Br)ccc2CN)c([N+](=O)[O-])c1. The highest BCUT2D eigenvalue weighted by Gasteiger charge is 2.20. The Kier molecular flexibility index (Phi) is 4.59. The van der Waals surface area contributed by atoms with Crippen LogP contribution in [0.3, 0.4) is 0 Å². The average molecular weight is 351 g/mol. The number of hydrogen-bond acceptors (Lipinski definition) is 4. The summed E-state index contributed by atoms with van der Waals surface area (Å²) >= 11 is 3.36. The van der Waals surface area contributed by atoms with E-state index >= 15 is 0 Å². The fourth-order valence-electron chi connectivity index (χ4n) is 2.10. The minimum atomic E-state index is -0.435. The van der Waals surface area contributed by atoms with E-state index in [0.717, 1.165) is 15.6 Å². The normalized spacial score (nSPS) is 10.5. The van der Waals surface area contributed by atoms with Gasteiger partial charge < -0.3 is 10.5 Å². The molecular weight excluding hydrogens is 336 g/mol. The van der Waals surface area contributed by atoms with Crippen LogP contribution in [0, 0.1) is 24.0 Å². The Morgan fingerprint density at radius 3 is 2.62 bits per heavy atom. The number of benzene rings is 2. The molecule has 0 aliphatic rings. The summed E-state index contributed by atoms with van der Waals surface area (Å²) in [6, 6.07) is 8.79. The molecule has 2 N–H and O–H groups in total. The zero-order valence-electron chi connectivity index (χ0n) is 11.7. The number of hydrogen-bond donors (Lipinski definition) is 1. The van der Waals surface area contributed by atoms with Gasteiger partial charge in [-0.05, 0) is 37.1 Å². The molecule has 0 fully saturated rings. The molecule has 0 spiro atoms. The molecule has 21 heavy (non-hydrogen) atoms. The van der Waals surface area contributed by atoms with Crippen LogP contribution in [0.5, 0.6) is 11.5 Å². The van der Waals surface area contributed by atoms with Crippen LogP contribution in [0.2, 0.25) is 0 Å². The quantitative estimate of drug-likeness (QED) is 0.661. The zero-order valence-corrected chi connectivity index (χ0v) is 13.3. The van der Waals surface area contributed by atoms with Crippen molar-refractivity contribution in [2.45, 2.75) is 20.4 Å². The molecule has 0 atom stereocenters. The molecule has 0 aromatic heterocycles. The smallest absolute Gasteiger partial charge is 0.312 e. The molecule has 0 bridgehead atoms. The van der Waals surface area contributed by atoms with Gasteiger partial charge in [0.05, 0.1) is 4.92 Å². The molecule has 0 aliphatic heterocycles. The predicted molar refractivity (Wildman–Crippen MR) is 84.7 cm³/mol. The Labute approximate surface area is 131 Å². The second-order valence-corrected chi connectivity index (χ2v) is 5.66. The summed E-state index contributed by atoms with van der Waals surface area (Å²) in [5, 5.41) is 11.2. The lowest BCUT2D eigenvalue weighted by molar-refractivity contribution is -0.385. The largest absolute Gasteiger partial charge is 0.449 e. The first kappa shape index (κ1) is 15.5. The highest BCUT2D eigenvalue weighted by Crippen LogP contribution is 2.37. The Morgan fingerprint density at radius 2 is 2.00 bits per heavy atom. The van der Waals surface area contributed by atoms with Crippen LogP contribution in [0.25, 0.3) is 0 Å². The van der Waals surface area contributed by atoms with Gasteiger partial charge in [0.15, 0.2) is 0 Å². The summed E-state index contributed by atoms with van der Waals surface area (Å²) in [6.45, 7) is 3.89. The number of nitrogens with zero attached hydrogens (tertiary/aromatic N) is 1. The third-order valence-corrected chi connectivity index (χ3v) is 3.55. The van der Waals surface area contributed by atoms with Crippen LogP contribution in [-0.2, 0) is 6.54 Å². The van der Waals surface area contributed by atoms with E-state index in [0.29, 0.717) is 17.9 Å². The van der Waals surface area contributed by atoms with Crippen molar-refractivity contribution in [1.29, 1.82) is 0 Å². The molecule has 0 unspecified atom stereocenters. The number of aryl methyl sites for hydroxylation is 2. The van der Waals surface area contributed by atoms with Crippen LogP contribution in [0.4, 0.5) is 5.69 Å². The predicted octanol–water partition coefficient (Wildman–Crippen LogP) is 4.23. The van der Waals surface area contributed by atoms with Gasteiger partial charge in [-0.25, -0.2) is 0 Å². The van der Waals surface area contributed by atoms with Gasteiger partial charge in [-0.15, -0.1) is 0 Å². The van der Waals surface area contributed by atoms with Crippen LogP contribution < -0.4 is 10.5 Å². The topological polar surface area (TPSA) is 78.4 Å². The maximum atomic E-state index is 11.2. The van der Waals surface area contributed by atoms with E-state index in [9.17, 15) is 10.1 Å². The fourth-order valence-corrected chi connectivity index (χ4v) is 2.44. The minimum absolute atomic E-state index is 0.0459. The van der Waals surface area contributed by atoms with Gasteiger partial charge in [0.2, 0.25) is 5.75 Å². The second-order valence-electron chi connectivity index (χ2n) is 4.75. The number of nitro groups is 1. The molecular formula is C15H15BrN2O3. The maximum Gasteiger partial charge on any atom is 0.312 e. The summed E-state index contributed by atoms with van der Waals surface area (Å²) in [7, 11) is 0. The lowest BCUT2D eigenvalue weighted by atomic mass is 10.1. The average Bonchev–Trinajstić information content (AvgIpc) is 2.41. The Balaban J connectivity index is 2.54. The first-order valence-electron chi connectivity index (χ1n) is 6.34. The van der Waals surface area contributed by atoms with Gasteiger partial charge in [-0.1, -0.05) is 28.1 Å². The van der Waals surface area contributed by atoms with Gasteiger partial charge >= 0.3 is 5.69 Å². The summed E-state index contributed by atoms with van der Waals surface area (Å²) in [6.07, 6.45) is 0. The van der Waals surface area contributed by atoms with Crippen molar-refractivity contribution in [2.75, 3.05) is 0 Å². The van der Waals surface area contributed by atoms with E-state index in [-0.39, 0.29) is 11.4 Å². The fraction of sp³-hybridized carbons (Fsp3) is 0.200. The van der Waals surface area contributed by atoms with E-state index in [2.05, 4.69) is 15.9 Å². The molecule has 0 saturated heterocycles. The Hall–Kier alpha value is -1.92. The first-order chi connectivity index (χ1) is 9.92. The summed E-state index contributed by atoms with van der Waals surface area (Å²) in [5.41, 5.74) is 7.96. The first-order valence-corrected chi connectivity index (χ1v) is 7.13. The molecule has 0 amide bonds. The number of nitro benzene ring substituents is 1. The van der Waals surface area contributed by atoms with Crippen molar-refractivity contribution in [3.63, 3.8) is 0 Å². The van der Waals surface area contributed by atoms with Gasteiger partial charge in [0.1, 0.15) is 5.75 Å². The maximum absolute atomic E-state index is 11.2. The summed E-state index contributed by atoms with van der Waals surface area (Å²) in [5.74, 6) is 0.764. The van der Waals surface area contributed by atoms with Gasteiger partial charge in [-0.2, -0.15) is 0 Å². The Morgan fingerprint density at radius 1 is 1.29 bits per heavy atom. The number of rotatable bonds is 4. The van der Waals surface area contributed by atoms with E-state index < -0.39 is 4.92 Å². The van der Waals surface area contributed by atoms with Crippen molar-refractivity contribution < 1.29 is 9.66 Å². The molecule has 2 aromatic carbocycles. The van der Waals surface area contributed by atoms with Crippen molar-refractivity contribution >= 4 is 21.6 Å². The molecule has 0 radical (unpaired) electrons. The van der Waals surface area contributed by atoms with Crippen molar-refractivity contribution in [3.05, 3.63) is 61.6 Å². The summed E-state index contributed by atoms with van der Waals surface area (Å²) in [4.78, 5) is 10.8. The van der Waals surface area contributed by atoms with Crippen LogP contribution in [-0.4, -0.2) is 4.92 Å². The van der Waals surface area contributed by atoms with E-state index in [1.807, 2.05) is 25.1 Å². The van der Waals surface area contributed by atoms with Crippen molar-refractivity contribution in [2.24, 2.45) is 5.73 Å². The minimum Gasteiger partial charge on any atom is -0.449 e. The van der Waals surface area contributed by atoms with Crippen LogP contribution in [0.15, 0.2) is 34.8 Å². The van der Waals surface area contributed by atoms with E-state index in [4.69, 9.17) is 10.5 Å². The molecule has 0 saturated carbocycles. The monoisotopic (exact) mass is 350 g/mol. The highest BCUT2D eigenvalue weighted by atomic mass is 79.9. The molecule has 0 aliphatic carbocycles. The lowest BCUT2D eigenvalue weighted by Crippen LogP contribution is -2.02. The van der Waals surface area contributed by atoms with E-state index in [1.54, 1.807) is 13.0 Å². The number of halogens is 1. The standard InChI is InChI=1S/C15H15BrN2O3/c1-9-5-10(2)15(13(6-9)18(19)20)21-14-7-12(16)4-3-11(14)8-17/h3-7H,8,17H2,1-2H3. The second kappa shape index (κ2) is 6.24. The third-order valence-electron chi connectivity index (χ3n) is 3.06.